The van der Waals surface area contributed by atoms with E-state index in [9.17, 15) is 4.79 Å². The lowest BCUT2D eigenvalue weighted by Gasteiger charge is -2.50. The number of nitrogens with one attached hydrogen (secondary N) is 1. The van der Waals surface area contributed by atoms with Crippen LogP contribution in [0.3, 0.4) is 0 Å². The molecule has 0 spiro atoms. The van der Waals surface area contributed by atoms with Gasteiger partial charge in [-0.15, -0.1) is 6.58 Å². The number of carbonyl (C=O) groups excluding carboxylic acids is 1. The number of Topliss-reactive ketones (excluding diaryl/α,β-unsaturated/α-hetero) is 1. The molecule has 0 aromatic heterocycles. The zero-order chi connectivity index (χ0) is 15.1. The molecule has 1 aliphatic carbocycles. The molecule has 1 N–H and O–H groups in total. The molecule has 120 valence electrons. The first-order valence-electron chi connectivity index (χ1n) is 9.13. The lowest BCUT2D eigenvalue weighted by atomic mass is 9.64. The van der Waals surface area contributed by atoms with E-state index in [0.29, 0.717) is 11.8 Å². The van der Waals surface area contributed by atoms with Crippen LogP contribution in [0.15, 0.2) is 12.7 Å². The lowest BCUT2D eigenvalue weighted by Crippen LogP contribution is -2.63. The molecule has 0 radical (unpaired) electrons. The van der Waals surface area contributed by atoms with Gasteiger partial charge in [0.15, 0.2) is 0 Å². The normalized spacial score (nSPS) is 32.7. The molecule has 2 fully saturated rings. The Morgan fingerprint density at radius 3 is 2.95 bits per heavy atom. The number of rotatable bonds is 8. The fraction of sp³-hybridized carbons (Fsp3) is 0.842. The quantitative estimate of drug-likeness (QED) is 0.515. The summed E-state index contributed by atoms with van der Waals surface area (Å²) >= 11 is 0. The Labute approximate surface area is 130 Å². The molecule has 1 saturated heterocycles. The van der Waals surface area contributed by atoms with Crippen molar-refractivity contribution in [2.75, 3.05) is 0 Å². The van der Waals surface area contributed by atoms with Gasteiger partial charge in [0.25, 0.3) is 0 Å². The van der Waals surface area contributed by atoms with Crippen molar-refractivity contribution in [2.45, 2.75) is 95.6 Å². The topological polar surface area (TPSA) is 29.1 Å². The van der Waals surface area contributed by atoms with Crippen LogP contribution in [0.5, 0.6) is 0 Å². The zero-order valence-electron chi connectivity index (χ0n) is 13.8. The predicted octanol–water partition coefficient (Wildman–Crippen LogP) is 4.78. The maximum atomic E-state index is 12.6. The van der Waals surface area contributed by atoms with Crippen molar-refractivity contribution in [3.8, 4) is 0 Å². The third kappa shape index (κ3) is 4.18. The average Bonchev–Trinajstić information content (AvgIpc) is 2.50. The molecule has 0 aromatic rings. The number of carbonyl (C=O) groups is 1. The van der Waals surface area contributed by atoms with Crippen LogP contribution in [0, 0.1) is 5.92 Å². The van der Waals surface area contributed by atoms with Gasteiger partial charge < -0.3 is 5.32 Å². The van der Waals surface area contributed by atoms with Crippen molar-refractivity contribution in [1.29, 1.82) is 0 Å². The minimum Gasteiger partial charge on any atom is -0.307 e. The Kier molecular flexibility index (Phi) is 6.47. The number of allylic oxidation sites excluding steroid dienone is 1. The first-order chi connectivity index (χ1) is 10.2. The van der Waals surface area contributed by atoms with Crippen molar-refractivity contribution < 1.29 is 4.79 Å². The number of hydrogen-bond donors (Lipinski definition) is 1. The van der Waals surface area contributed by atoms with E-state index in [1.165, 1.54) is 51.4 Å². The lowest BCUT2D eigenvalue weighted by molar-refractivity contribution is -0.131. The molecule has 21 heavy (non-hydrogen) atoms. The summed E-state index contributed by atoms with van der Waals surface area (Å²) in [7, 11) is 0. The van der Waals surface area contributed by atoms with Gasteiger partial charge in [0, 0.05) is 23.9 Å². The van der Waals surface area contributed by atoms with Crippen LogP contribution in [0.4, 0.5) is 0 Å². The van der Waals surface area contributed by atoms with Crippen LogP contribution >= 0.6 is 0 Å². The van der Waals surface area contributed by atoms with E-state index < -0.39 is 0 Å². The Bertz CT molecular complexity index is 351. The first kappa shape index (κ1) is 16.7. The maximum absolute atomic E-state index is 12.6. The third-order valence-electron chi connectivity index (χ3n) is 5.56. The molecule has 0 aromatic carbocycles. The monoisotopic (exact) mass is 291 g/mol. The van der Waals surface area contributed by atoms with Crippen molar-refractivity contribution in [3.63, 3.8) is 0 Å². The van der Waals surface area contributed by atoms with Gasteiger partial charge in [0.1, 0.15) is 5.78 Å². The zero-order valence-corrected chi connectivity index (χ0v) is 13.8. The highest BCUT2D eigenvalue weighted by Crippen LogP contribution is 2.42. The second kappa shape index (κ2) is 8.12. The Hall–Kier alpha value is -0.630. The van der Waals surface area contributed by atoms with Crippen molar-refractivity contribution in [3.05, 3.63) is 12.7 Å². The molecular weight excluding hydrogens is 258 g/mol. The predicted molar refractivity (Wildman–Crippen MR) is 89.4 cm³/mol. The van der Waals surface area contributed by atoms with Gasteiger partial charge in [-0.25, -0.2) is 0 Å². The van der Waals surface area contributed by atoms with Gasteiger partial charge in [-0.05, 0) is 32.1 Å². The summed E-state index contributed by atoms with van der Waals surface area (Å²) in [5.41, 5.74) is 0.0944. The first-order valence-corrected chi connectivity index (χ1v) is 9.13. The van der Waals surface area contributed by atoms with Gasteiger partial charge in [0.05, 0.1) is 0 Å². The molecule has 2 heteroatoms. The molecule has 2 nitrogen and oxygen atoms in total. The summed E-state index contributed by atoms with van der Waals surface area (Å²) in [6.45, 7) is 6.12. The van der Waals surface area contributed by atoms with E-state index in [-0.39, 0.29) is 11.5 Å². The molecule has 0 amide bonds. The number of hydrogen-bond acceptors (Lipinski definition) is 2. The second-order valence-corrected chi connectivity index (χ2v) is 7.14. The fourth-order valence-electron chi connectivity index (χ4n) is 4.45. The van der Waals surface area contributed by atoms with Crippen molar-refractivity contribution >= 4 is 5.78 Å². The van der Waals surface area contributed by atoms with E-state index in [2.05, 4.69) is 18.8 Å². The number of fused-ring (bicyclic) bond motifs is 1. The molecule has 1 heterocycles. The number of piperidine rings is 1. The Morgan fingerprint density at radius 2 is 2.19 bits per heavy atom. The van der Waals surface area contributed by atoms with E-state index >= 15 is 0 Å². The van der Waals surface area contributed by atoms with Crippen LogP contribution in [0.2, 0.25) is 0 Å². The summed E-state index contributed by atoms with van der Waals surface area (Å²) in [5.74, 6) is 0.816. The third-order valence-corrected chi connectivity index (χ3v) is 5.56. The summed E-state index contributed by atoms with van der Waals surface area (Å²) in [6.07, 6.45) is 16.1. The molecule has 3 atom stereocenters. The van der Waals surface area contributed by atoms with Gasteiger partial charge in [0.2, 0.25) is 0 Å². The Balaban J connectivity index is 1.98. The van der Waals surface area contributed by atoms with E-state index in [0.717, 1.165) is 25.7 Å². The SMILES string of the molecule is C=CCC[C@@]12CCCC[C@@H]1C(=O)C[C@@H](CCCCCC)N2. The molecule has 2 aliphatic rings. The number of unbranched alkanes of at least 4 members (excludes halogenated alkanes) is 3. The van der Waals surface area contributed by atoms with Crippen LogP contribution in [-0.2, 0) is 4.79 Å². The largest absolute Gasteiger partial charge is 0.307 e. The highest BCUT2D eigenvalue weighted by molar-refractivity contribution is 5.84. The molecular formula is C19H33NO. The van der Waals surface area contributed by atoms with E-state index in [4.69, 9.17) is 0 Å². The second-order valence-electron chi connectivity index (χ2n) is 7.14. The van der Waals surface area contributed by atoms with Crippen molar-refractivity contribution in [2.24, 2.45) is 5.92 Å². The smallest absolute Gasteiger partial charge is 0.139 e. The summed E-state index contributed by atoms with van der Waals surface area (Å²) in [6, 6.07) is 0.425. The molecule has 0 unspecified atom stereocenters. The summed E-state index contributed by atoms with van der Waals surface area (Å²) in [5, 5.41) is 3.94. The maximum Gasteiger partial charge on any atom is 0.139 e. The minimum atomic E-state index is 0.0944. The minimum absolute atomic E-state index is 0.0944. The molecule has 0 bridgehead atoms. The Morgan fingerprint density at radius 1 is 1.33 bits per heavy atom. The highest BCUT2D eigenvalue weighted by atomic mass is 16.1. The fourth-order valence-corrected chi connectivity index (χ4v) is 4.45. The summed E-state index contributed by atoms with van der Waals surface area (Å²) < 4.78 is 0. The molecule has 1 aliphatic heterocycles. The average molecular weight is 291 g/mol. The van der Waals surface area contributed by atoms with Crippen LogP contribution < -0.4 is 5.32 Å². The molecule has 2 rings (SSSR count). The van der Waals surface area contributed by atoms with Gasteiger partial charge in [-0.3, -0.25) is 4.79 Å². The van der Waals surface area contributed by atoms with Crippen LogP contribution in [0.1, 0.15) is 84.0 Å². The molecule has 1 saturated carbocycles. The highest BCUT2D eigenvalue weighted by Gasteiger charge is 2.48. The van der Waals surface area contributed by atoms with Gasteiger partial charge in [-0.1, -0.05) is 51.5 Å². The van der Waals surface area contributed by atoms with Crippen LogP contribution in [0.25, 0.3) is 0 Å². The number of ketones is 1. The van der Waals surface area contributed by atoms with E-state index in [1.807, 2.05) is 6.08 Å². The van der Waals surface area contributed by atoms with Gasteiger partial charge in [-0.2, -0.15) is 0 Å². The van der Waals surface area contributed by atoms with Crippen molar-refractivity contribution in [1.82, 2.24) is 5.32 Å². The van der Waals surface area contributed by atoms with Gasteiger partial charge >= 0.3 is 0 Å². The van der Waals surface area contributed by atoms with Crippen LogP contribution in [-0.4, -0.2) is 17.4 Å². The standard InChI is InChI=1S/C19H33NO/c1-3-5-7-8-11-16-15-18(21)17-12-9-10-14-19(17,20-16)13-6-4-2/h4,16-17,20H,2-3,5-15H2,1H3/t16-,17-,19-/m1/s1. The summed E-state index contributed by atoms with van der Waals surface area (Å²) in [4.78, 5) is 12.6. The van der Waals surface area contributed by atoms with E-state index in [1.54, 1.807) is 0 Å².